The molecule has 0 spiro atoms. The van der Waals surface area contributed by atoms with Gasteiger partial charge in [-0.3, -0.25) is 0 Å². The molecule has 0 saturated carbocycles. The van der Waals surface area contributed by atoms with Gasteiger partial charge in [0.05, 0.1) is 56.6 Å². The van der Waals surface area contributed by atoms with Gasteiger partial charge in [0.2, 0.25) is 0 Å². The van der Waals surface area contributed by atoms with E-state index in [1.807, 2.05) is 84.9 Å². The van der Waals surface area contributed by atoms with Crippen molar-refractivity contribution >= 4 is 43.6 Å². The molecule has 5 nitrogen and oxygen atoms in total. The molecule has 0 radical (unpaired) electrons. The van der Waals surface area contributed by atoms with Gasteiger partial charge in [-0.15, -0.1) is 0 Å². The molecule has 2 heterocycles. The molecule has 2 aromatic heterocycles. The SMILES string of the molecule is N#Cc1ccc2c(c1)c1ccccc1n2-c1ccc(-c2cccc(-c3cccc(C#N)c3-n3c4ccccc4c4c(C#N)cccc43)c2)cc1. The topological polar surface area (TPSA) is 81.2 Å². The van der Waals surface area contributed by atoms with Gasteiger partial charge >= 0.3 is 0 Å². The van der Waals surface area contributed by atoms with E-state index in [2.05, 4.69) is 94.1 Å². The van der Waals surface area contributed by atoms with Crippen LogP contribution in [0.15, 0.2) is 152 Å². The summed E-state index contributed by atoms with van der Waals surface area (Å²) in [5.41, 5.74) is 11.6. The van der Waals surface area contributed by atoms with E-state index < -0.39 is 0 Å². The second kappa shape index (κ2) is 11.4. The molecule has 9 rings (SSSR count). The molecule has 0 unspecified atom stereocenters. The molecule has 230 valence electrons. The molecular formula is C45H25N5. The third-order valence-electron chi connectivity index (χ3n) is 9.63. The van der Waals surface area contributed by atoms with E-state index in [4.69, 9.17) is 0 Å². The molecule has 5 heteroatoms. The van der Waals surface area contributed by atoms with Crippen LogP contribution >= 0.6 is 0 Å². The second-order valence-corrected chi connectivity index (χ2v) is 12.3. The average molecular weight is 636 g/mol. The number of para-hydroxylation sites is 3. The predicted molar refractivity (Wildman–Crippen MR) is 200 cm³/mol. The molecule has 0 N–H and O–H groups in total. The van der Waals surface area contributed by atoms with Gasteiger partial charge in [-0.05, 0) is 83.4 Å². The summed E-state index contributed by atoms with van der Waals surface area (Å²) in [5.74, 6) is 0. The number of hydrogen-bond acceptors (Lipinski definition) is 3. The van der Waals surface area contributed by atoms with Crippen LogP contribution in [0.25, 0.3) is 77.2 Å². The number of rotatable bonds is 4. The van der Waals surface area contributed by atoms with E-state index in [1.165, 1.54) is 0 Å². The fourth-order valence-corrected chi connectivity index (χ4v) is 7.45. The van der Waals surface area contributed by atoms with Crippen LogP contribution in [0.2, 0.25) is 0 Å². The Hall–Kier alpha value is -7.39. The maximum Gasteiger partial charge on any atom is 0.101 e. The smallest absolute Gasteiger partial charge is 0.101 e. The zero-order valence-electron chi connectivity index (χ0n) is 26.7. The van der Waals surface area contributed by atoms with Crippen LogP contribution in [-0.2, 0) is 0 Å². The minimum atomic E-state index is 0.551. The normalized spacial score (nSPS) is 11.1. The van der Waals surface area contributed by atoms with Crippen molar-refractivity contribution in [1.29, 1.82) is 15.8 Å². The zero-order valence-corrected chi connectivity index (χ0v) is 26.7. The predicted octanol–water partition coefficient (Wildman–Crippen LogP) is 10.8. The molecule has 0 atom stereocenters. The monoisotopic (exact) mass is 635 g/mol. The number of hydrogen-bond donors (Lipinski definition) is 0. The van der Waals surface area contributed by atoms with Crippen LogP contribution in [0, 0.1) is 34.0 Å². The highest BCUT2D eigenvalue weighted by atomic mass is 15.0. The van der Waals surface area contributed by atoms with E-state index in [-0.39, 0.29) is 0 Å². The van der Waals surface area contributed by atoms with Gasteiger partial charge in [0.15, 0.2) is 0 Å². The van der Waals surface area contributed by atoms with Crippen molar-refractivity contribution in [3.8, 4) is 51.8 Å². The maximum atomic E-state index is 10.4. The third-order valence-corrected chi connectivity index (χ3v) is 9.63. The second-order valence-electron chi connectivity index (χ2n) is 12.3. The minimum absolute atomic E-state index is 0.551. The Morgan fingerprint density at radius 2 is 1.04 bits per heavy atom. The lowest BCUT2D eigenvalue weighted by Gasteiger charge is -2.16. The van der Waals surface area contributed by atoms with E-state index in [0.29, 0.717) is 16.7 Å². The molecule has 7 aromatic carbocycles. The Balaban J connectivity index is 1.18. The Labute approximate surface area is 287 Å². The molecule has 0 bridgehead atoms. The van der Waals surface area contributed by atoms with Crippen molar-refractivity contribution in [2.45, 2.75) is 0 Å². The number of nitrogens with zero attached hydrogens (tertiary/aromatic N) is 5. The van der Waals surface area contributed by atoms with Crippen molar-refractivity contribution in [3.63, 3.8) is 0 Å². The lowest BCUT2D eigenvalue weighted by molar-refractivity contribution is 1.17. The lowest BCUT2D eigenvalue weighted by atomic mass is 9.96. The molecule has 0 aliphatic carbocycles. The first-order chi connectivity index (χ1) is 24.7. The van der Waals surface area contributed by atoms with Crippen LogP contribution in [0.1, 0.15) is 16.7 Å². The highest BCUT2D eigenvalue weighted by Gasteiger charge is 2.20. The Morgan fingerprint density at radius 3 is 1.82 bits per heavy atom. The van der Waals surface area contributed by atoms with Gasteiger partial charge in [0, 0.05) is 32.8 Å². The van der Waals surface area contributed by atoms with Crippen molar-refractivity contribution in [2.24, 2.45) is 0 Å². The van der Waals surface area contributed by atoms with Crippen molar-refractivity contribution in [1.82, 2.24) is 9.13 Å². The van der Waals surface area contributed by atoms with Gasteiger partial charge < -0.3 is 9.13 Å². The van der Waals surface area contributed by atoms with Gasteiger partial charge in [0.1, 0.15) is 6.07 Å². The van der Waals surface area contributed by atoms with Crippen LogP contribution in [0.4, 0.5) is 0 Å². The molecule has 0 aliphatic heterocycles. The minimum Gasteiger partial charge on any atom is -0.309 e. The van der Waals surface area contributed by atoms with Crippen LogP contribution in [0.5, 0.6) is 0 Å². The summed E-state index contributed by atoms with van der Waals surface area (Å²) in [5, 5.41) is 34.0. The molecule has 0 aliphatic rings. The van der Waals surface area contributed by atoms with Gasteiger partial charge in [-0.25, -0.2) is 0 Å². The Bertz CT molecular complexity index is 2960. The highest BCUT2D eigenvalue weighted by molar-refractivity contribution is 6.12. The third kappa shape index (κ3) is 4.31. The first-order valence-electron chi connectivity index (χ1n) is 16.3. The van der Waals surface area contributed by atoms with Crippen LogP contribution in [-0.4, -0.2) is 9.13 Å². The quantitative estimate of drug-likeness (QED) is 0.193. The summed E-state index contributed by atoms with van der Waals surface area (Å²) in [6, 6.07) is 57.9. The molecule has 0 amide bonds. The van der Waals surface area contributed by atoms with E-state index in [0.717, 1.165) is 77.2 Å². The van der Waals surface area contributed by atoms with Gasteiger partial charge in [-0.2, -0.15) is 15.8 Å². The molecular weight excluding hydrogens is 611 g/mol. The fourth-order valence-electron chi connectivity index (χ4n) is 7.45. The lowest BCUT2D eigenvalue weighted by Crippen LogP contribution is -2.01. The number of fused-ring (bicyclic) bond motifs is 6. The largest absolute Gasteiger partial charge is 0.309 e. The van der Waals surface area contributed by atoms with Gasteiger partial charge in [0.25, 0.3) is 0 Å². The first kappa shape index (κ1) is 28.8. The van der Waals surface area contributed by atoms with Crippen LogP contribution < -0.4 is 0 Å². The summed E-state index contributed by atoms with van der Waals surface area (Å²) in [6.07, 6.45) is 0. The molecule has 50 heavy (non-hydrogen) atoms. The number of nitriles is 3. The van der Waals surface area contributed by atoms with E-state index in [1.54, 1.807) is 0 Å². The number of aromatic nitrogens is 2. The summed E-state index contributed by atoms with van der Waals surface area (Å²) in [7, 11) is 0. The summed E-state index contributed by atoms with van der Waals surface area (Å²) >= 11 is 0. The van der Waals surface area contributed by atoms with Gasteiger partial charge in [-0.1, -0.05) is 84.9 Å². The first-order valence-corrected chi connectivity index (χ1v) is 16.3. The molecule has 9 aromatic rings. The van der Waals surface area contributed by atoms with Crippen LogP contribution in [0.3, 0.4) is 0 Å². The molecule has 0 fully saturated rings. The Kier molecular flexibility index (Phi) is 6.56. The zero-order chi connectivity index (χ0) is 33.8. The van der Waals surface area contributed by atoms with Crippen molar-refractivity contribution < 1.29 is 0 Å². The van der Waals surface area contributed by atoms with E-state index in [9.17, 15) is 15.8 Å². The van der Waals surface area contributed by atoms with E-state index >= 15 is 0 Å². The summed E-state index contributed by atoms with van der Waals surface area (Å²) in [4.78, 5) is 0. The standard InChI is InChI=1S/C45H25N5/c46-26-29-18-23-42-39(24-29)37-12-1-3-15-40(37)49(42)35-21-19-30(20-22-35)31-8-5-9-32(25-31)36-14-6-11-34(28-48)45(36)50-41-16-4-2-13-38(41)44-33(27-47)10-7-17-43(44)50/h1-25H. The summed E-state index contributed by atoms with van der Waals surface area (Å²) in [6.45, 7) is 0. The molecule has 0 saturated heterocycles. The summed E-state index contributed by atoms with van der Waals surface area (Å²) < 4.78 is 4.38. The average Bonchev–Trinajstić information content (AvgIpc) is 3.70. The highest BCUT2D eigenvalue weighted by Crippen LogP contribution is 2.40. The van der Waals surface area contributed by atoms with Crippen molar-refractivity contribution in [2.75, 3.05) is 0 Å². The fraction of sp³-hybridized carbons (Fsp3) is 0. The maximum absolute atomic E-state index is 10.4. The van der Waals surface area contributed by atoms with Crippen molar-refractivity contribution in [3.05, 3.63) is 168 Å². The Morgan fingerprint density at radius 1 is 0.400 bits per heavy atom. The number of benzene rings is 7.